The molecule has 3 aromatic rings. The van der Waals surface area contributed by atoms with Crippen LogP contribution in [-0.2, 0) is 6.54 Å². The Bertz CT molecular complexity index is 1120. The van der Waals surface area contributed by atoms with Crippen LogP contribution in [0.25, 0.3) is 0 Å². The van der Waals surface area contributed by atoms with E-state index in [0.717, 1.165) is 25.1 Å². The first-order valence-corrected chi connectivity index (χ1v) is 10.3. The number of nitrogens with zero attached hydrogens (tertiary/aromatic N) is 3. The van der Waals surface area contributed by atoms with Crippen molar-refractivity contribution in [2.75, 3.05) is 18.4 Å². The highest BCUT2D eigenvalue weighted by Gasteiger charge is 2.27. The normalized spacial score (nSPS) is 16.5. The molecule has 1 N–H and O–H groups in total. The van der Waals surface area contributed by atoms with Gasteiger partial charge in [-0.2, -0.15) is 0 Å². The summed E-state index contributed by atoms with van der Waals surface area (Å²) < 4.78 is 27.5. The quantitative estimate of drug-likeness (QED) is 0.606. The summed E-state index contributed by atoms with van der Waals surface area (Å²) in [6.45, 7) is 3.94. The van der Waals surface area contributed by atoms with Gasteiger partial charge in [0, 0.05) is 25.2 Å². The molecule has 31 heavy (non-hydrogen) atoms. The lowest BCUT2D eigenvalue weighted by atomic mass is 10.1. The highest BCUT2D eigenvalue weighted by Crippen LogP contribution is 2.27. The van der Waals surface area contributed by atoms with E-state index in [0.29, 0.717) is 23.6 Å². The number of carbonyl (C=O) groups excluding carboxylic acids is 1. The van der Waals surface area contributed by atoms with Crippen molar-refractivity contribution in [1.29, 1.82) is 0 Å². The van der Waals surface area contributed by atoms with Gasteiger partial charge in [-0.3, -0.25) is 9.69 Å². The minimum absolute atomic E-state index is 0.112. The van der Waals surface area contributed by atoms with Crippen LogP contribution in [0.3, 0.4) is 0 Å². The molecule has 160 valence electrons. The zero-order valence-corrected chi connectivity index (χ0v) is 17.7. The molecule has 1 aliphatic rings. The van der Waals surface area contributed by atoms with Crippen molar-refractivity contribution in [1.82, 2.24) is 14.9 Å². The molecule has 2 aromatic carbocycles. The first kappa shape index (κ1) is 21.3. The van der Waals surface area contributed by atoms with Crippen LogP contribution in [0.1, 0.15) is 39.8 Å². The van der Waals surface area contributed by atoms with Crippen molar-refractivity contribution in [3.63, 3.8) is 0 Å². The molecule has 0 unspecified atom stereocenters. The van der Waals surface area contributed by atoms with Crippen LogP contribution in [0.5, 0.6) is 0 Å². The van der Waals surface area contributed by atoms with Crippen molar-refractivity contribution in [3.05, 3.63) is 88.0 Å². The number of benzene rings is 2. The van der Waals surface area contributed by atoms with E-state index >= 15 is 0 Å². The number of rotatable bonds is 5. The summed E-state index contributed by atoms with van der Waals surface area (Å²) in [5.74, 6) is -0.577. The second kappa shape index (κ2) is 9.08. The molecule has 0 spiro atoms. The second-order valence-electron chi connectivity index (χ2n) is 7.63. The number of likely N-dealkylation sites (tertiary alicyclic amines) is 1. The van der Waals surface area contributed by atoms with Crippen LogP contribution in [-0.4, -0.2) is 33.9 Å². The van der Waals surface area contributed by atoms with Crippen molar-refractivity contribution in [3.8, 4) is 0 Å². The van der Waals surface area contributed by atoms with Crippen molar-refractivity contribution in [2.24, 2.45) is 0 Å². The average Bonchev–Trinajstić information content (AvgIpc) is 3.21. The zero-order chi connectivity index (χ0) is 22.0. The summed E-state index contributed by atoms with van der Waals surface area (Å²) in [5, 5.41) is 2.67. The van der Waals surface area contributed by atoms with Gasteiger partial charge in [0.05, 0.1) is 22.0 Å². The molecular formula is C23H21ClF2N4O. The van der Waals surface area contributed by atoms with E-state index in [4.69, 9.17) is 11.6 Å². The van der Waals surface area contributed by atoms with Gasteiger partial charge in [-0.15, -0.1) is 0 Å². The molecule has 4 rings (SSSR count). The summed E-state index contributed by atoms with van der Waals surface area (Å²) in [6, 6.07) is 10.8. The second-order valence-corrected chi connectivity index (χ2v) is 8.04. The number of halogens is 3. The van der Waals surface area contributed by atoms with Gasteiger partial charge in [0.25, 0.3) is 5.91 Å². The SMILES string of the molecule is Cc1nc([C@H]2CCN(Cc3ccc(Cl)c(F)c3)C2)ncc1C(=O)Nc1ccccc1F. The number of hydrogen-bond acceptors (Lipinski definition) is 4. The van der Waals surface area contributed by atoms with E-state index in [2.05, 4.69) is 20.2 Å². The summed E-state index contributed by atoms with van der Waals surface area (Å²) in [4.78, 5) is 23.7. The third-order valence-electron chi connectivity index (χ3n) is 5.39. The molecule has 1 aromatic heterocycles. The predicted octanol–water partition coefficient (Wildman–Crippen LogP) is 4.96. The Morgan fingerprint density at radius 2 is 2.03 bits per heavy atom. The molecule has 1 fully saturated rings. The summed E-state index contributed by atoms with van der Waals surface area (Å²) in [7, 11) is 0. The Morgan fingerprint density at radius 1 is 1.23 bits per heavy atom. The standard InChI is InChI=1S/C23H21ClF2N4O/c1-14-17(23(31)29-21-5-3-2-4-19(21)25)11-27-22(28-14)16-8-9-30(13-16)12-15-6-7-18(24)20(26)10-15/h2-7,10-11,16H,8-9,12-13H2,1H3,(H,29,31)/t16-/m0/s1. The molecule has 1 amide bonds. The number of nitrogens with one attached hydrogen (secondary N) is 1. The van der Waals surface area contributed by atoms with Crippen LogP contribution in [0.15, 0.2) is 48.7 Å². The molecule has 0 saturated carbocycles. The van der Waals surface area contributed by atoms with Gasteiger partial charge in [0.2, 0.25) is 0 Å². The number of amides is 1. The Kier molecular flexibility index (Phi) is 6.25. The third kappa shape index (κ3) is 4.89. The van der Waals surface area contributed by atoms with Crippen LogP contribution < -0.4 is 5.32 Å². The highest BCUT2D eigenvalue weighted by molar-refractivity contribution is 6.30. The molecule has 2 heterocycles. The van der Waals surface area contributed by atoms with Gasteiger partial charge in [-0.05, 0) is 49.7 Å². The van der Waals surface area contributed by atoms with Gasteiger partial charge < -0.3 is 5.32 Å². The fraction of sp³-hybridized carbons (Fsp3) is 0.261. The minimum Gasteiger partial charge on any atom is -0.319 e. The van der Waals surface area contributed by atoms with Crippen molar-refractivity contribution >= 4 is 23.2 Å². The smallest absolute Gasteiger partial charge is 0.259 e. The molecular weight excluding hydrogens is 422 g/mol. The zero-order valence-electron chi connectivity index (χ0n) is 16.9. The van der Waals surface area contributed by atoms with Crippen LogP contribution in [0.4, 0.5) is 14.5 Å². The van der Waals surface area contributed by atoms with E-state index in [1.54, 1.807) is 25.1 Å². The third-order valence-corrected chi connectivity index (χ3v) is 5.70. The van der Waals surface area contributed by atoms with Crippen LogP contribution in [0.2, 0.25) is 5.02 Å². The molecule has 0 aliphatic carbocycles. The van der Waals surface area contributed by atoms with Crippen molar-refractivity contribution in [2.45, 2.75) is 25.8 Å². The average molecular weight is 443 g/mol. The Hall–Kier alpha value is -2.90. The lowest BCUT2D eigenvalue weighted by Crippen LogP contribution is -2.21. The summed E-state index contributed by atoms with van der Waals surface area (Å²) >= 11 is 5.75. The number of anilines is 1. The van der Waals surface area contributed by atoms with Gasteiger partial charge in [-0.25, -0.2) is 18.7 Å². The van der Waals surface area contributed by atoms with E-state index in [1.807, 2.05) is 6.07 Å². The molecule has 1 atom stereocenters. The number of hydrogen-bond donors (Lipinski definition) is 1. The first-order valence-electron chi connectivity index (χ1n) is 9.96. The molecule has 1 saturated heterocycles. The molecule has 5 nitrogen and oxygen atoms in total. The van der Waals surface area contributed by atoms with Gasteiger partial charge in [0.15, 0.2) is 0 Å². The summed E-state index contributed by atoms with van der Waals surface area (Å²) in [5.41, 5.74) is 1.82. The van der Waals surface area contributed by atoms with E-state index < -0.39 is 17.5 Å². The summed E-state index contributed by atoms with van der Waals surface area (Å²) in [6.07, 6.45) is 2.36. The topological polar surface area (TPSA) is 58.1 Å². The largest absolute Gasteiger partial charge is 0.319 e. The molecule has 1 aliphatic heterocycles. The van der Waals surface area contributed by atoms with Gasteiger partial charge in [-0.1, -0.05) is 29.8 Å². The fourth-order valence-electron chi connectivity index (χ4n) is 3.74. The highest BCUT2D eigenvalue weighted by atomic mass is 35.5. The van der Waals surface area contributed by atoms with E-state index in [9.17, 15) is 13.6 Å². The fourth-order valence-corrected chi connectivity index (χ4v) is 3.86. The van der Waals surface area contributed by atoms with Gasteiger partial charge in [0.1, 0.15) is 17.5 Å². The lowest BCUT2D eigenvalue weighted by Gasteiger charge is -2.16. The van der Waals surface area contributed by atoms with Gasteiger partial charge >= 0.3 is 0 Å². The Labute approximate surface area is 184 Å². The Balaban J connectivity index is 1.41. The van der Waals surface area contributed by atoms with E-state index in [-0.39, 0.29) is 16.6 Å². The monoisotopic (exact) mass is 442 g/mol. The number of para-hydroxylation sites is 1. The lowest BCUT2D eigenvalue weighted by molar-refractivity contribution is 0.102. The van der Waals surface area contributed by atoms with E-state index in [1.165, 1.54) is 24.4 Å². The molecule has 8 heteroatoms. The maximum absolute atomic E-state index is 13.8. The van der Waals surface area contributed by atoms with Crippen LogP contribution in [0, 0.1) is 18.6 Å². The number of aryl methyl sites for hydroxylation is 1. The Morgan fingerprint density at radius 3 is 2.77 bits per heavy atom. The molecule has 0 bridgehead atoms. The minimum atomic E-state index is -0.502. The number of carbonyl (C=O) groups is 1. The van der Waals surface area contributed by atoms with Crippen LogP contribution >= 0.6 is 11.6 Å². The molecule has 0 radical (unpaired) electrons. The van der Waals surface area contributed by atoms with Crippen molar-refractivity contribution < 1.29 is 13.6 Å². The first-order chi connectivity index (χ1) is 14.9. The predicted molar refractivity (Wildman–Crippen MR) is 115 cm³/mol. The maximum Gasteiger partial charge on any atom is 0.259 e. The number of aromatic nitrogens is 2. The maximum atomic E-state index is 13.8.